The van der Waals surface area contributed by atoms with Crippen LogP contribution in [0.5, 0.6) is 0 Å². The summed E-state index contributed by atoms with van der Waals surface area (Å²) in [5, 5.41) is 14.7. The maximum atomic E-state index is 12.0. The van der Waals surface area contributed by atoms with E-state index in [0.29, 0.717) is 6.54 Å². The number of thioether (sulfide) groups is 1. The van der Waals surface area contributed by atoms with E-state index in [9.17, 15) is 14.7 Å². The number of carbonyl (C=O) groups excluding carboxylic acids is 2. The number of esters is 1. The van der Waals surface area contributed by atoms with Gasteiger partial charge in [-0.05, 0) is 35.7 Å². The predicted molar refractivity (Wildman–Crippen MR) is 167 cm³/mol. The van der Waals surface area contributed by atoms with Gasteiger partial charge in [-0.25, -0.2) is 9.78 Å². The Morgan fingerprint density at radius 1 is 0.977 bits per heavy atom. The molecule has 1 aliphatic heterocycles. The van der Waals surface area contributed by atoms with E-state index < -0.39 is 18.3 Å². The van der Waals surface area contributed by atoms with E-state index in [4.69, 9.17) is 19.2 Å². The topological polar surface area (TPSA) is 119 Å². The minimum atomic E-state index is -0.588. The molecule has 11 heteroatoms. The molecule has 2 heterocycles. The number of aliphatic hydroxyl groups is 1. The Morgan fingerprint density at radius 2 is 1.70 bits per heavy atom. The Kier molecular flexibility index (Phi) is 10.7. The second kappa shape index (κ2) is 14.8. The first kappa shape index (κ1) is 31.0. The molecule has 0 saturated carbocycles. The highest BCUT2D eigenvalue weighted by Crippen LogP contribution is 2.43. The summed E-state index contributed by atoms with van der Waals surface area (Å²) in [6.07, 6.45) is -0.908. The number of carbonyl (C=O) groups is 2. The Balaban J connectivity index is 1.26. The van der Waals surface area contributed by atoms with Gasteiger partial charge in [0.2, 0.25) is 0 Å². The number of fused-ring (bicyclic) bond motifs is 1. The molecule has 4 atom stereocenters. The van der Waals surface area contributed by atoms with E-state index >= 15 is 0 Å². The first-order valence-corrected chi connectivity index (χ1v) is 16.0. The molecule has 4 aromatic rings. The SMILES string of the molecule is CCOC(=O)CNC(=O)NCc1ccc([C@H]2O[C@@H](CSc3nc4ccccc4s3)[C@@H](C)[C@@H](c3ccc(CO)cc3)O2)cc1. The molecular formula is C32H35N3O6S2. The third-order valence-electron chi connectivity index (χ3n) is 7.17. The Labute approximate surface area is 259 Å². The lowest BCUT2D eigenvalue weighted by molar-refractivity contribution is -0.268. The highest BCUT2D eigenvalue weighted by Gasteiger charge is 2.38. The van der Waals surface area contributed by atoms with Crippen LogP contribution < -0.4 is 10.6 Å². The summed E-state index contributed by atoms with van der Waals surface area (Å²) in [4.78, 5) is 28.3. The molecule has 0 bridgehead atoms. The van der Waals surface area contributed by atoms with Gasteiger partial charge in [-0.15, -0.1) is 11.3 Å². The lowest BCUT2D eigenvalue weighted by Crippen LogP contribution is -2.39. The van der Waals surface area contributed by atoms with Crippen LogP contribution in [0.2, 0.25) is 0 Å². The lowest BCUT2D eigenvalue weighted by atomic mass is 9.91. The molecule has 1 fully saturated rings. The van der Waals surface area contributed by atoms with Crippen molar-refractivity contribution < 1.29 is 28.9 Å². The number of hydrogen-bond donors (Lipinski definition) is 3. The molecule has 0 radical (unpaired) electrons. The largest absolute Gasteiger partial charge is 0.465 e. The van der Waals surface area contributed by atoms with Crippen molar-refractivity contribution in [2.75, 3.05) is 18.9 Å². The number of amides is 2. The summed E-state index contributed by atoms with van der Waals surface area (Å²) >= 11 is 3.38. The van der Waals surface area contributed by atoms with E-state index in [2.05, 4.69) is 23.6 Å². The van der Waals surface area contributed by atoms with Gasteiger partial charge in [0.1, 0.15) is 6.54 Å². The highest BCUT2D eigenvalue weighted by atomic mass is 32.2. The second-order valence-electron chi connectivity index (χ2n) is 10.2. The summed E-state index contributed by atoms with van der Waals surface area (Å²) in [7, 11) is 0. The molecule has 9 nitrogen and oxygen atoms in total. The summed E-state index contributed by atoms with van der Waals surface area (Å²) in [5.41, 5.74) is 4.64. The van der Waals surface area contributed by atoms with Gasteiger partial charge in [0.05, 0.1) is 35.6 Å². The number of hydrogen-bond acceptors (Lipinski definition) is 9. The van der Waals surface area contributed by atoms with E-state index in [-0.39, 0.29) is 37.9 Å². The van der Waals surface area contributed by atoms with E-state index in [1.54, 1.807) is 30.0 Å². The summed E-state index contributed by atoms with van der Waals surface area (Å²) < 4.78 is 20.1. The average Bonchev–Trinajstić information content (AvgIpc) is 3.46. The Hall–Kier alpha value is -3.48. The van der Waals surface area contributed by atoms with Crippen LogP contribution in [0.3, 0.4) is 0 Å². The number of aliphatic hydroxyl groups excluding tert-OH is 1. The minimum absolute atomic E-state index is 0.0111. The van der Waals surface area contributed by atoms with Gasteiger partial charge in [-0.3, -0.25) is 4.79 Å². The van der Waals surface area contributed by atoms with Crippen molar-refractivity contribution in [1.29, 1.82) is 0 Å². The van der Waals surface area contributed by atoms with Gasteiger partial charge in [-0.2, -0.15) is 0 Å². The van der Waals surface area contributed by atoms with E-state index in [1.165, 1.54) is 0 Å². The molecule has 3 aromatic carbocycles. The molecule has 2 amide bonds. The van der Waals surface area contributed by atoms with Crippen molar-refractivity contribution >= 4 is 45.3 Å². The van der Waals surface area contributed by atoms with Gasteiger partial charge in [0.25, 0.3) is 0 Å². The molecular weight excluding hydrogens is 587 g/mol. The third-order valence-corrected chi connectivity index (χ3v) is 9.44. The van der Waals surface area contributed by atoms with Crippen molar-refractivity contribution in [2.45, 2.75) is 49.8 Å². The van der Waals surface area contributed by atoms with Crippen molar-refractivity contribution in [3.05, 3.63) is 95.1 Å². The van der Waals surface area contributed by atoms with Crippen molar-refractivity contribution in [3.8, 4) is 0 Å². The number of nitrogens with one attached hydrogen (secondary N) is 2. The van der Waals surface area contributed by atoms with E-state index in [1.807, 2.05) is 66.7 Å². The number of ether oxygens (including phenoxy) is 3. The maximum Gasteiger partial charge on any atom is 0.325 e. The van der Waals surface area contributed by atoms with Crippen molar-refractivity contribution in [2.24, 2.45) is 5.92 Å². The average molecular weight is 622 g/mol. The summed E-state index contributed by atoms with van der Waals surface area (Å²) in [6.45, 7) is 4.22. The number of rotatable bonds is 11. The third kappa shape index (κ3) is 8.12. The quantitative estimate of drug-likeness (QED) is 0.143. The number of thiazole rings is 1. The predicted octanol–water partition coefficient (Wildman–Crippen LogP) is 5.73. The number of urea groups is 1. The molecule has 226 valence electrons. The fraction of sp³-hybridized carbons (Fsp3) is 0.344. The summed E-state index contributed by atoms with van der Waals surface area (Å²) in [5.74, 6) is 0.299. The molecule has 3 N–H and O–H groups in total. The molecule has 1 saturated heterocycles. The maximum absolute atomic E-state index is 12.0. The summed E-state index contributed by atoms with van der Waals surface area (Å²) in [6, 6.07) is 23.3. The van der Waals surface area contributed by atoms with Gasteiger partial charge in [-0.1, -0.05) is 79.3 Å². The van der Waals surface area contributed by atoms with Crippen LogP contribution in [0.1, 0.15) is 48.5 Å². The lowest BCUT2D eigenvalue weighted by Gasteiger charge is -2.41. The highest BCUT2D eigenvalue weighted by molar-refractivity contribution is 8.01. The van der Waals surface area contributed by atoms with Gasteiger partial charge < -0.3 is 30.0 Å². The van der Waals surface area contributed by atoms with Gasteiger partial charge >= 0.3 is 12.0 Å². The molecule has 43 heavy (non-hydrogen) atoms. The van der Waals surface area contributed by atoms with Crippen LogP contribution in [-0.4, -0.2) is 47.1 Å². The fourth-order valence-electron chi connectivity index (χ4n) is 4.78. The van der Waals surface area contributed by atoms with Crippen LogP contribution in [-0.2, 0) is 32.2 Å². The van der Waals surface area contributed by atoms with E-state index in [0.717, 1.165) is 42.6 Å². The zero-order valence-corrected chi connectivity index (χ0v) is 25.7. The normalized spacial score (nSPS) is 20.1. The molecule has 0 aliphatic carbocycles. The first-order valence-electron chi connectivity index (χ1n) is 14.2. The minimum Gasteiger partial charge on any atom is -0.465 e. The smallest absolute Gasteiger partial charge is 0.325 e. The number of para-hydroxylation sites is 1. The zero-order chi connectivity index (χ0) is 30.2. The van der Waals surface area contributed by atoms with Crippen molar-refractivity contribution in [3.63, 3.8) is 0 Å². The zero-order valence-electron chi connectivity index (χ0n) is 24.0. The molecule has 0 unspecified atom stereocenters. The molecule has 5 rings (SSSR count). The number of benzene rings is 3. The van der Waals surface area contributed by atoms with Gasteiger partial charge in [0.15, 0.2) is 10.6 Å². The second-order valence-corrected chi connectivity index (χ2v) is 12.5. The molecule has 0 spiro atoms. The van der Waals surface area contributed by atoms with Crippen LogP contribution in [0, 0.1) is 5.92 Å². The molecule has 1 aliphatic rings. The van der Waals surface area contributed by atoms with Crippen LogP contribution in [0.25, 0.3) is 10.2 Å². The fourth-order valence-corrected chi connectivity index (χ4v) is 7.04. The standard InChI is InChI=1S/C32H35N3O6S2/c1-3-39-28(37)17-34-31(38)33-16-21-8-14-24(15-9-21)30-40-26(19-42-32-35-25-6-4-5-7-27(25)43-32)20(2)29(41-30)23-12-10-22(18-36)11-13-23/h4-15,20,26,29-30,36H,3,16-19H2,1-2H3,(H2,33,34,38)/t20-,26+,29+,30+/m1/s1. The molecule has 1 aromatic heterocycles. The van der Waals surface area contributed by atoms with Crippen LogP contribution in [0.4, 0.5) is 4.79 Å². The van der Waals surface area contributed by atoms with Gasteiger partial charge in [0, 0.05) is 23.8 Å². The number of nitrogens with zero attached hydrogens (tertiary/aromatic N) is 1. The van der Waals surface area contributed by atoms with Crippen LogP contribution >= 0.6 is 23.1 Å². The van der Waals surface area contributed by atoms with Crippen molar-refractivity contribution in [1.82, 2.24) is 15.6 Å². The monoisotopic (exact) mass is 621 g/mol. The Morgan fingerprint density at radius 3 is 2.42 bits per heavy atom. The number of aromatic nitrogens is 1. The van der Waals surface area contributed by atoms with Crippen LogP contribution in [0.15, 0.2) is 77.1 Å². The first-order chi connectivity index (χ1) is 20.9. The Bertz CT molecular complexity index is 1480.